The van der Waals surface area contributed by atoms with Gasteiger partial charge in [0.1, 0.15) is 24.0 Å². The Morgan fingerprint density at radius 3 is 2.67 bits per heavy atom. The van der Waals surface area contributed by atoms with Crippen molar-refractivity contribution in [2.24, 2.45) is 0 Å². The molecule has 2 rings (SSSR count). The Labute approximate surface area is 120 Å². The van der Waals surface area contributed by atoms with E-state index in [9.17, 15) is 13.6 Å². The van der Waals surface area contributed by atoms with E-state index in [1.54, 1.807) is 12.1 Å². The molecule has 0 fully saturated rings. The standard InChI is InChI=1S/C16H12F2O3/c17-13-2-1-3-14(9-13)21-10-12-6-4-11(8-15(12)18)5-7-16(19)20/h1-9H,10H2,(H,19,20). The Bertz CT molecular complexity index is 681. The zero-order chi connectivity index (χ0) is 15.2. The first-order chi connectivity index (χ1) is 10.0. The lowest BCUT2D eigenvalue weighted by Gasteiger charge is -2.07. The molecule has 21 heavy (non-hydrogen) atoms. The molecule has 0 aromatic heterocycles. The van der Waals surface area contributed by atoms with Crippen LogP contribution in [0.1, 0.15) is 11.1 Å². The molecule has 0 aliphatic carbocycles. The van der Waals surface area contributed by atoms with Crippen molar-refractivity contribution in [3.05, 3.63) is 71.3 Å². The normalized spacial score (nSPS) is 10.8. The van der Waals surface area contributed by atoms with Crippen molar-refractivity contribution < 1.29 is 23.4 Å². The summed E-state index contributed by atoms with van der Waals surface area (Å²) in [6.45, 7) is -0.0434. The molecule has 0 amide bonds. The van der Waals surface area contributed by atoms with Gasteiger partial charge in [0.2, 0.25) is 0 Å². The highest BCUT2D eigenvalue weighted by Crippen LogP contribution is 2.17. The van der Waals surface area contributed by atoms with Gasteiger partial charge in [0.15, 0.2) is 0 Å². The Morgan fingerprint density at radius 2 is 2.00 bits per heavy atom. The lowest BCUT2D eigenvalue weighted by molar-refractivity contribution is -0.131. The number of carbonyl (C=O) groups is 1. The maximum absolute atomic E-state index is 13.8. The summed E-state index contributed by atoms with van der Waals surface area (Å²) in [6, 6.07) is 9.86. The molecule has 3 nitrogen and oxygen atoms in total. The monoisotopic (exact) mass is 290 g/mol. The van der Waals surface area contributed by atoms with Crippen LogP contribution in [0.2, 0.25) is 0 Å². The fourth-order valence-electron chi connectivity index (χ4n) is 1.67. The van der Waals surface area contributed by atoms with Gasteiger partial charge in [-0.2, -0.15) is 0 Å². The Hall–Kier alpha value is -2.69. The van der Waals surface area contributed by atoms with Crippen molar-refractivity contribution in [2.45, 2.75) is 6.61 Å². The molecular weight excluding hydrogens is 278 g/mol. The highest BCUT2D eigenvalue weighted by molar-refractivity contribution is 5.85. The van der Waals surface area contributed by atoms with Gasteiger partial charge < -0.3 is 9.84 Å². The molecule has 0 heterocycles. The van der Waals surface area contributed by atoms with Crippen LogP contribution in [0.4, 0.5) is 8.78 Å². The van der Waals surface area contributed by atoms with Gasteiger partial charge in [0.25, 0.3) is 0 Å². The average molecular weight is 290 g/mol. The van der Waals surface area contributed by atoms with Crippen LogP contribution >= 0.6 is 0 Å². The highest BCUT2D eigenvalue weighted by Gasteiger charge is 2.04. The van der Waals surface area contributed by atoms with Crippen LogP contribution in [0.15, 0.2) is 48.5 Å². The maximum Gasteiger partial charge on any atom is 0.328 e. The minimum Gasteiger partial charge on any atom is -0.489 e. The molecule has 0 saturated heterocycles. The van der Waals surface area contributed by atoms with Crippen LogP contribution in [0.5, 0.6) is 5.75 Å². The van der Waals surface area contributed by atoms with Gasteiger partial charge in [-0.05, 0) is 29.8 Å². The molecule has 5 heteroatoms. The van der Waals surface area contributed by atoms with E-state index in [4.69, 9.17) is 9.84 Å². The first-order valence-corrected chi connectivity index (χ1v) is 6.12. The maximum atomic E-state index is 13.8. The molecule has 0 aliphatic heterocycles. The Balaban J connectivity index is 2.06. The summed E-state index contributed by atoms with van der Waals surface area (Å²) in [4.78, 5) is 10.4. The number of rotatable bonds is 5. The van der Waals surface area contributed by atoms with Crippen LogP contribution in [0, 0.1) is 11.6 Å². The topological polar surface area (TPSA) is 46.5 Å². The third-order valence-electron chi connectivity index (χ3n) is 2.69. The summed E-state index contributed by atoms with van der Waals surface area (Å²) in [7, 11) is 0. The summed E-state index contributed by atoms with van der Waals surface area (Å²) >= 11 is 0. The second-order valence-electron chi connectivity index (χ2n) is 4.27. The number of carboxylic acids is 1. The van der Waals surface area contributed by atoms with Crippen molar-refractivity contribution in [2.75, 3.05) is 0 Å². The number of hydrogen-bond donors (Lipinski definition) is 1. The third-order valence-corrected chi connectivity index (χ3v) is 2.69. The Kier molecular flexibility index (Phi) is 4.66. The van der Waals surface area contributed by atoms with Gasteiger partial charge in [-0.25, -0.2) is 13.6 Å². The summed E-state index contributed by atoms with van der Waals surface area (Å²) in [5.74, 6) is -1.74. The van der Waals surface area contributed by atoms with E-state index in [1.165, 1.54) is 36.4 Å². The largest absolute Gasteiger partial charge is 0.489 e. The number of benzene rings is 2. The molecule has 0 bridgehead atoms. The summed E-state index contributed by atoms with van der Waals surface area (Å²) < 4.78 is 32.1. The van der Waals surface area contributed by atoms with Crippen molar-refractivity contribution in [1.29, 1.82) is 0 Å². The summed E-state index contributed by atoms with van der Waals surface area (Å²) in [5, 5.41) is 8.50. The molecule has 2 aromatic rings. The van der Waals surface area contributed by atoms with Crippen LogP contribution in [0.3, 0.4) is 0 Å². The molecule has 0 aliphatic rings. The number of halogens is 2. The number of aliphatic carboxylic acids is 1. The van der Waals surface area contributed by atoms with E-state index in [1.807, 2.05) is 0 Å². The molecule has 108 valence electrons. The second kappa shape index (κ2) is 6.65. The number of ether oxygens (including phenoxy) is 1. The van der Waals surface area contributed by atoms with Gasteiger partial charge >= 0.3 is 5.97 Å². The van der Waals surface area contributed by atoms with Crippen molar-refractivity contribution in [3.8, 4) is 5.75 Å². The minimum absolute atomic E-state index is 0.0434. The molecule has 0 saturated carbocycles. The fourth-order valence-corrected chi connectivity index (χ4v) is 1.67. The smallest absolute Gasteiger partial charge is 0.328 e. The molecule has 2 aromatic carbocycles. The van der Waals surface area contributed by atoms with Gasteiger partial charge in [-0.1, -0.05) is 18.2 Å². The highest BCUT2D eigenvalue weighted by atomic mass is 19.1. The molecule has 1 N–H and O–H groups in total. The molecule has 0 atom stereocenters. The van der Waals surface area contributed by atoms with Crippen molar-refractivity contribution in [3.63, 3.8) is 0 Å². The van der Waals surface area contributed by atoms with Crippen molar-refractivity contribution in [1.82, 2.24) is 0 Å². The number of carboxylic acid groups (broad SMARTS) is 1. The Morgan fingerprint density at radius 1 is 1.19 bits per heavy atom. The van der Waals surface area contributed by atoms with Gasteiger partial charge in [0, 0.05) is 17.7 Å². The van der Waals surface area contributed by atoms with Crippen LogP contribution in [-0.2, 0) is 11.4 Å². The molecule has 0 spiro atoms. The van der Waals surface area contributed by atoms with Crippen molar-refractivity contribution >= 4 is 12.0 Å². The first kappa shape index (κ1) is 14.7. The quantitative estimate of drug-likeness (QED) is 0.855. The zero-order valence-electron chi connectivity index (χ0n) is 10.9. The van der Waals surface area contributed by atoms with E-state index >= 15 is 0 Å². The van der Waals surface area contributed by atoms with Crippen LogP contribution < -0.4 is 4.74 Å². The van der Waals surface area contributed by atoms with E-state index in [2.05, 4.69) is 0 Å². The summed E-state index contributed by atoms with van der Waals surface area (Å²) in [6.07, 6.45) is 2.22. The molecule has 0 unspecified atom stereocenters. The third kappa shape index (κ3) is 4.42. The predicted molar refractivity (Wildman–Crippen MR) is 73.8 cm³/mol. The summed E-state index contributed by atoms with van der Waals surface area (Å²) in [5.41, 5.74) is 0.733. The van der Waals surface area contributed by atoms with E-state index < -0.39 is 17.6 Å². The second-order valence-corrected chi connectivity index (χ2v) is 4.27. The molecule has 0 radical (unpaired) electrons. The van der Waals surface area contributed by atoms with Gasteiger partial charge in [0.05, 0.1) is 0 Å². The predicted octanol–water partition coefficient (Wildman–Crippen LogP) is 3.64. The fraction of sp³-hybridized carbons (Fsp3) is 0.0625. The zero-order valence-corrected chi connectivity index (χ0v) is 10.9. The van der Waals surface area contributed by atoms with E-state index in [-0.39, 0.29) is 6.61 Å². The number of hydrogen-bond acceptors (Lipinski definition) is 2. The van der Waals surface area contributed by atoms with E-state index in [0.29, 0.717) is 16.9 Å². The minimum atomic E-state index is -1.10. The SMILES string of the molecule is O=C(O)C=Cc1ccc(COc2cccc(F)c2)c(F)c1. The van der Waals surface area contributed by atoms with Gasteiger partial charge in [-0.3, -0.25) is 0 Å². The van der Waals surface area contributed by atoms with E-state index in [0.717, 1.165) is 6.08 Å². The first-order valence-electron chi connectivity index (χ1n) is 6.12. The lowest BCUT2D eigenvalue weighted by atomic mass is 10.1. The lowest BCUT2D eigenvalue weighted by Crippen LogP contribution is -1.99. The molecular formula is C16H12F2O3. The average Bonchev–Trinajstić information content (AvgIpc) is 2.44. The van der Waals surface area contributed by atoms with Gasteiger partial charge in [-0.15, -0.1) is 0 Å². The van der Waals surface area contributed by atoms with Crippen LogP contribution in [-0.4, -0.2) is 11.1 Å². The van der Waals surface area contributed by atoms with Crippen LogP contribution in [0.25, 0.3) is 6.08 Å².